The van der Waals surface area contributed by atoms with Crippen LogP contribution in [0.5, 0.6) is 11.5 Å². The fourth-order valence-corrected chi connectivity index (χ4v) is 2.96. The molecule has 0 radical (unpaired) electrons. The maximum Gasteiger partial charge on any atom is 0.259 e. The Morgan fingerprint density at radius 1 is 0.963 bits per heavy atom. The third-order valence-electron chi connectivity index (χ3n) is 4.01. The van der Waals surface area contributed by atoms with Gasteiger partial charge in [-0.3, -0.25) is 4.79 Å². The van der Waals surface area contributed by atoms with Crippen molar-refractivity contribution in [3.05, 3.63) is 52.5 Å². The number of nitrogens with one attached hydrogen (secondary N) is 1. The van der Waals surface area contributed by atoms with Crippen LogP contribution >= 0.6 is 15.9 Å². The highest BCUT2D eigenvalue weighted by Crippen LogP contribution is 2.25. The van der Waals surface area contributed by atoms with Crippen molar-refractivity contribution < 1.29 is 14.3 Å². The van der Waals surface area contributed by atoms with Crippen molar-refractivity contribution in [1.82, 2.24) is 0 Å². The molecule has 0 fully saturated rings. The van der Waals surface area contributed by atoms with E-state index in [9.17, 15) is 4.79 Å². The number of unbranched alkanes of at least 4 members (excludes halogenated alkanes) is 3. The molecule has 4 nitrogen and oxygen atoms in total. The smallest absolute Gasteiger partial charge is 0.259 e. The van der Waals surface area contributed by atoms with E-state index >= 15 is 0 Å². The van der Waals surface area contributed by atoms with Gasteiger partial charge in [0.1, 0.15) is 11.5 Å². The third-order valence-corrected chi connectivity index (χ3v) is 4.50. The summed E-state index contributed by atoms with van der Waals surface area (Å²) in [5, 5.41) is 2.93. The van der Waals surface area contributed by atoms with E-state index in [1.165, 1.54) is 12.8 Å². The number of hydrogen-bond acceptors (Lipinski definition) is 3. The zero-order chi connectivity index (χ0) is 19.5. The number of hydrogen-bond donors (Lipinski definition) is 1. The lowest BCUT2D eigenvalue weighted by molar-refractivity contribution is 0.102. The van der Waals surface area contributed by atoms with Crippen LogP contribution < -0.4 is 14.8 Å². The summed E-state index contributed by atoms with van der Waals surface area (Å²) >= 11 is 3.44. The van der Waals surface area contributed by atoms with Crippen LogP contribution in [0.15, 0.2) is 46.9 Å². The Morgan fingerprint density at radius 3 is 2.59 bits per heavy atom. The van der Waals surface area contributed by atoms with Crippen LogP contribution in [-0.4, -0.2) is 19.1 Å². The molecule has 0 saturated heterocycles. The molecule has 0 aliphatic rings. The minimum atomic E-state index is -0.201. The summed E-state index contributed by atoms with van der Waals surface area (Å²) in [5.41, 5.74) is 1.21. The fourth-order valence-electron chi connectivity index (χ4n) is 2.60. The predicted molar refractivity (Wildman–Crippen MR) is 114 cm³/mol. The molecule has 0 saturated carbocycles. The van der Waals surface area contributed by atoms with Crippen LogP contribution in [0.25, 0.3) is 0 Å². The Labute approximate surface area is 170 Å². The molecular formula is C22H28BrNO3. The summed E-state index contributed by atoms with van der Waals surface area (Å²) in [5.74, 6) is 1.15. The first-order chi connectivity index (χ1) is 13.1. The SMILES string of the molecule is CCCCCCOc1ccc(Br)cc1C(=O)Nc1cccc(OCCC)c1. The minimum Gasteiger partial charge on any atom is -0.494 e. The van der Waals surface area contributed by atoms with Crippen molar-refractivity contribution in [1.29, 1.82) is 0 Å². The number of carbonyl (C=O) groups excluding carboxylic acids is 1. The molecule has 0 aliphatic carbocycles. The fraction of sp³-hybridized carbons (Fsp3) is 0.409. The van der Waals surface area contributed by atoms with E-state index in [2.05, 4.69) is 35.1 Å². The molecule has 2 aromatic carbocycles. The quantitative estimate of drug-likeness (QED) is 0.414. The Balaban J connectivity index is 2.05. The van der Waals surface area contributed by atoms with Crippen LogP contribution in [0.3, 0.4) is 0 Å². The van der Waals surface area contributed by atoms with Gasteiger partial charge in [-0.2, -0.15) is 0 Å². The molecule has 1 N–H and O–H groups in total. The predicted octanol–water partition coefficient (Wildman–Crippen LogP) is 6.45. The van der Waals surface area contributed by atoms with Gasteiger partial charge in [0.2, 0.25) is 0 Å². The molecule has 27 heavy (non-hydrogen) atoms. The lowest BCUT2D eigenvalue weighted by atomic mass is 10.1. The van der Waals surface area contributed by atoms with Crippen molar-refractivity contribution in [3.8, 4) is 11.5 Å². The Kier molecular flexibility index (Phi) is 9.19. The first-order valence-electron chi connectivity index (χ1n) is 9.60. The average molecular weight is 434 g/mol. The summed E-state index contributed by atoms with van der Waals surface area (Å²) in [6, 6.07) is 12.9. The summed E-state index contributed by atoms with van der Waals surface area (Å²) in [6.07, 6.45) is 5.45. The van der Waals surface area contributed by atoms with Gasteiger partial charge in [0.25, 0.3) is 5.91 Å². The van der Waals surface area contributed by atoms with Crippen molar-refractivity contribution in [2.75, 3.05) is 18.5 Å². The number of ether oxygens (including phenoxy) is 2. The minimum absolute atomic E-state index is 0.201. The van der Waals surface area contributed by atoms with E-state index < -0.39 is 0 Å². The monoisotopic (exact) mass is 433 g/mol. The molecule has 2 aromatic rings. The third kappa shape index (κ3) is 7.25. The summed E-state index contributed by atoms with van der Waals surface area (Å²) in [6.45, 7) is 5.50. The molecule has 0 heterocycles. The molecule has 0 aliphatic heterocycles. The van der Waals surface area contributed by atoms with Crippen molar-refractivity contribution in [3.63, 3.8) is 0 Å². The van der Waals surface area contributed by atoms with E-state index in [0.717, 1.165) is 29.5 Å². The Morgan fingerprint density at radius 2 is 1.81 bits per heavy atom. The first-order valence-corrected chi connectivity index (χ1v) is 10.4. The second-order valence-electron chi connectivity index (χ2n) is 6.38. The van der Waals surface area contributed by atoms with Crippen LogP contribution in [-0.2, 0) is 0 Å². The second kappa shape index (κ2) is 11.7. The molecule has 0 bridgehead atoms. The van der Waals surface area contributed by atoms with Gasteiger partial charge in [-0.25, -0.2) is 0 Å². The van der Waals surface area contributed by atoms with Gasteiger partial charge in [-0.1, -0.05) is 55.1 Å². The first kappa shape index (κ1) is 21.3. The summed E-state index contributed by atoms with van der Waals surface area (Å²) in [7, 11) is 0. The number of carbonyl (C=O) groups is 1. The number of anilines is 1. The van der Waals surface area contributed by atoms with Crippen LogP contribution in [0, 0.1) is 0 Å². The molecule has 5 heteroatoms. The molecule has 146 valence electrons. The number of rotatable bonds is 11. The molecule has 2 rings (SSSR count). The Hall–Kier alpha value is -2.01. The number of amides is 1. The molecule has 0 unspecified atom stereocenters. The van der Waals surface area contributed by atoms with Gasteiger partial charge >= 0.3 is 0 Å². The normalized spacial score (nSPS) is 10.5. The average Bonchev–Trinajstić information content (AvgIpc) is 2.67. The van der Waals surface area contributed by atoms with E-state index in [-0.39, 0.29) is 5.91 Å². The van der Waals surface area contributed by atoms with Gasteiger partial charge in [0.15, 0.2) is 0 Å². The van der Waals surface area contributed by atoms with Crippen molar-refractivity contribution in [2.45, 2.75) is 46.0 Å². The highest BCUT2D eigenvalue weighted by Gasteiger charge is 2.14. The van der Waals surface area contributed by atoms with Gasteiger partial charge in [-0.15, -0.1) is 0 Å². The van der Waals surface area contributed by atoms with E-state index in [1.54, 1.807) is 6.07 Å². The highest BCUT2D eigenvalue weighted by molar-refractivity contribution is 9.10. The van der Waals surface area contributed by atoms with Crippen LogP contribution in [0.4, 0.5) is 5.69 Å². The topological polar surface area (TPSA) is 47.6 Å². The van der Waals surface area contributed by atoms with Gasteiger partial charge in [-0.05, 0) is 43.2 Å². The Bertz CT molecular complexity index is 733. The van der Waals surface area contributed by atoms with Gasteiger partial charge < -0.3 is 14.8 Å². The number of halogens is 1. The van der Waals surface area contributed by atoms with Crippen LogP contribution in [0.1, 0.15) is 56.3 Å². The molecule has 0 spiro atoms. The highest BCUT2D eigenvalue weighted by atomic mass is 79.9. The van der Waals surface area contributed by atoms with E-state index in [4.69, 9.17) is 9.47 Å². The molecule has 0 atom stereocenters. The lowest BCUT2D eigenvalue weighted by Crippen LogP contribution is -2.14. The zero-order valence-corrected chi connectivity index (χ0v) is 17.7. The van der Waals surface area contributed by atoms with Gasteiger partial charge in [0.05, 0.1) is 18.8 Å². The molecular weight excluding hydrogens is 406 g/mol. The van der Waals surface area contributed by atoms with Crippen LogP contribution in [0.2, 0.25) is 0 Å². The van der Waals surface area contributed by atoms with E-state index in [0.29, 0.717) is 30.2 Å². The van der Waals surface area contributed by atoms with Gasteiger partial charge in [0, 0.05) is 16.2 Å². The maximum atomic E-state index is 12.8. The summed E-state index contributed by atoms with van der Waals surface area (Å²) in [4.78, 5) is 12.8. The van der Waals surface area contributed by atoms with Crippen molar-refractivity contribution in [2.24, 2.45) is 0 Å². The zero-order valence-electron chi connectivity index (χ0n) is 16.1. The van der Waals surface area contributed by atoms with E-state index in [1.807, 2.05) is 36.4 Å². The standard InChI is InChI=1S/C22H28BrNO3/c1-3-5-6-7-14-27-21-12-11-17(23)15-20(21)22(25)24-18-9-8-10-19(16-18)26-13-4-2/h8-12,15-16H,3-7,13-14H2,1-2H3,(H,24,25). The second-order valence-corrected chi connectivity index (χ2v) is 7.30. The number of benzene rings is 2. The maximum absolute atomic E-state index is 12.8. The summed E-state index contributed by atoms with van der Waals surface area (Å²) < 4.78 is 12.3. The molecule has 1 amide bonds. The largest absolute Gasteiger partial charge is 0.494 e. The van der Waals surface area contributed by atoms with Crippen molar-refractivity contribution >= 4 is 27.5 Å². The lowest BCUT2D eigenvalue weighted by Gasteiger charge is -2.13. The molecule has 0 aromatic heterocycles.